The van der Waals surface area contributed by atoms with Crippen LogP contribution in [-0.4, -0.2) is 43.7 Å². The van der Waals surface area contributed by atoms with Gasteiger partial charge in [-0.2, -0.15) is 5.10 Å². The minimum atomic E-state index is -0.569. The van der Waals surface area contributed by atoms with Gasteiger partial charge >= 0.3 is 0 Å². The van der Waals surface area contributed by atoms with Gasteiger partial charge in [-0.1, -0.05) is 0 Å². The molecule has 0 aromatic heterocycles. The third-order valence-corrected chi connectivity index (χ3v) is 4.26. The summed E-state index contributed by atoms with van der Waals surface area (Å²) in [6, 6.07) is 5.71. The zero-order valence-electron chi connectivity index (χ0n) is 17.9. The Labute approximate surface area is 184 Å². The Morgan fingerprint density at radius 2 is 1.66 bits per heavy atom. The van der Waals surface area contributed by atoms with Crippen molar-refractivity contribution in [2.75, 3.05) is 26.6 Å². The molecule has 3 rings (SSSR count). The number of hydrogen-bond donors (Lipinski definition) is 1. The Balaban J connectivity index is 1.84. The molecule has 11 heteroatoms. The SMILES string of the molecule is CCOc1cc(C(=O)NN=Cc2cc3c(cc2[N+](=O)[O-])OCO3)cc(OCC)c1OCC. The van der Waals surface area contributed by atoms with Crippen molar-refractivity contribution in [2.45, 2.75) is 20.8 Å². The molecule has 0 spiro atoms. The molecule has 0 aliphatic carbocycles. The smallest absolute Gasteiger partial charge is 0.282 e. The molecule has 0 fully saturated rings. The van der Waals surface area contributed by atoms with Gasteiger partial charge < -0.3 is 23.7 Å². The maximum absolute atomic E-state index is 12.7. The summed E-state index contributed by atoms with van der Waals surface area (Å²) in [6.07, 6.45) is 1.17. The molecular formula is C21H23N3O8. The Bertz CT molecular complexity index is 1010. The fourth-order valence-electron chi connectivity index (χ4n) is 2.95. The molecule has 11 nitrogen and oxygen atoms in total. The van der Waals surface area contributed by atoms with Crippen LogP contribution in [0.3, 0.4) is 0 Å². The summed E-state index contributed by atoms with van der Waals surface area (Å²) in [5, 5.41) is 15.2. The summed E-state index contributed by atoms with van der Waals surface area (Å²) in [4.78, 5) is 23.4. The molecule has 170 valence electrons. The van der Waals surface area contributed by atoms with Gasteiger partial charge in [0.2, 0.25) is 12.5 Å². The Hall–Kier alpha value is -4.02. The van der Waals surface area contributed by atoms with E-state index in [2.05, 4.69) is 10.5 Å². The molecule has 32 heavy (non-hydrogen) atoms. The van der Waals surface area contributed by atoms with Crippen LogP contribution in [-0.2, 0) is 0 Å². The lowest BCUT2D eigenvalue weighted by molar-refractivity contribution is -0.385. The lowest BCUT2D eigenvalue weighted by Gasteiger charge is -2.16. The van der Waals surface area contributed by atoms with Gasteiger partial charge in [0.05, 0.1) is 42.6 Å². The topological polar surface area (TPSA) is 131 Å². The molecule has 0 saturated carbocycles. The fourth-order valence-corrected chi connectivity index (χ4v) is 2.95. The molecule has 2 aromatic carbocycles. The van der Waals surface area contributed by atoms with Crippen LogP contribution in [0, 0.1) is 10.1 Å². The van der Waals surface area contributed by atoms with Crippen LogP contribution in [0.25, 0.3) is 0 Å². The molecule has 0 bridgehead atoms. The summed E-state index contributed by atoms with van der Waals surface area (Å²) < 4.78 is 27.2. The zero-order chi connectivity index (χ0) is 23.1. The number of hydrazone groups is 1. The number of hydrogen-bond acceptors (Lipinski definition) is 9. The van der Waals surface area contributed by atoms with Crippen molar-refractivity contribution in [1.82, 2.24) is 5.43 Å². The lowest BCUT2D eigenvalue weighted by Crippen LogP contribution is -2.18. The van der Waals surface area contributed by atoms with E-state index in [0.29, 0.717) is 42.8 Å². The average Bonchev–Trinajstić information content (AvgIpc) is 3.22. The second-order valence-electron chi connectivity index (χ2n) is 6.32. The monoisotopic (exact) mass is 445 g/mol. The summed E-state index contributed by atoms with van der Waals surface area (Å²) in [6.45, 7) is 6.55. The highest BCUT2D eigenvalue weighted by molar-refractivity contribution is 5.96. The summed E-state index contributed by atoms with van der Waals surface area (Å²) in [5.74, 6) is 1.21. The number of nitro benzene ring substituents is 1. The van der Waals surface area contributed by atoms with E-state index >= 15 is 0 Å². The molecule has 2 aromatic rings. The zero-order valence-corrected chi connectivity index (χ0v) is 17.9. The lowest BCUT2D eigenvalue weighted by atomic mass is 10.1. The first-order valence-electron chi connectivity index (χ1n) is 9.96. The number of amides is 1. The molecule has 1 N–H and O–H groups in total. The Morgan fingerprint density at radius 1 is 1.06 bits per heavy atom. The van der Waals surface area contributed by atoms with E-state index in [9.17, 15) is 14.9 Å². The van der Waals surface area contributed by atoms with Gasteiger partial charge in [0.1, 0.15) is 0 Å². The second-order valence-corrected chi connectivity index (χ2v) is 6.32. The highest BCUT2D eigenvalue weighted by Gasteiger charge is 2.23. The number of benzene rings is 2. The molecule has 0 unspecified atom stereocenters. The van der Waals surface area contributed by atoms with Crippen molar-refractivity contribution < 1.29 is 33.4 Å². The quantitative estimate of drug-likeness (QED) is 0.335. The molecule has 1 amide bonds. The molecule has 1 heterocycles. The fraction of sp³-hybridized carbons (Fsp3) is 0.333. The van der Waals surface area contributed by atoms with Crippen molar-refractivity contribution in [3.63, 3.8) is 0 Å². The molecular weight excluding hydrogens is 422 g/mol. The third kappa shape index (κ3) is 4.99. The van der Waals surface area contributed by atoms with Crippen molar-refractivity contribution in [3.05, 3.63) is 45.5 Å². The van der Waals surface area contributed by atoms with Gasteiger partial charge in [-0.15, -0.1) is 0 Å². The number of nitrogens with one attached hydrogen (secondary N) is 1. The van der Waals surface area contributed by atoms with Crippen LogP contribution >= 0.6 is 0 Å². The first-order chi connectivity index (χ1) is 15.5. The highest BCUT2D eigenvalue weighted by Crippen LogP contribution is 2.39. The predicted octanol–water partition coefficient (Wildman–Crippen LogP) is 3.28. The summed E-state index contributed by atoms with van der Waals surface area (Å²) in [7, 11) is 0. The highest BCUT2D eigenvalue weighted by atomic mass is 16.7. The van der Waals surface area contributed by atoms with Gasteiger partial charge in [-0.05, 0) is 39.0 Å². The van der Waals surface area contributed by atoms with E-state index in [4.69, 9.17) is 23.7 Å². The maximum atomic E-state index is 12.7. The van der Waals surface area contributed by atoms with Gasteiger partial charge in [0.25, 0.3) is 11.6 Å². The van der Waals surface area contributed by atoms with E-state index in [1.807, 2.05) is 20.8 Å². The van der Waals surface area contributed by atoms with Crippen LogP contribution in [0.5, 0.6) is 28.7 Å². The molecule has 1 aliphatic rings. The number of fused-ring (bicyclic) bond motifs is 1. The first-order valence-corrected chi connectivity index (χ1v) is 9.96. The average molecular weight is 445 g/mol. The van der Waals surface area contributed by atoms with Crippen LogP contribution in [0.2, 0.25) is 0 Å². The molecule has 0 atom stereocenters. The van der Waals surface area contributed by atoms with E-state index in [0.717, 1.165) is 0 Å². The number of carbonyl (C=O) groups is 1. The number of nitro groups is 1. The molecule has 0 radical (unpaired) electrons. The third-order valence-electron chi connectivity index (χ3n) is 4.26. The number of ether oxygens (including phenoxy) is 5. The summed E-state index contributed by atoms with van der Waals surface area (Å²) in [5.41, 5.74) is 2.49. The Kier molecular flexibility index (Phi) is 7.32. The number of carbonyl (C=O) groups excluding carboxylic acids is 1. The van der Waals surface area contributed by atoms with Crippen molar-refractivity contribution in [1.29, 1.82) is 0 Å². The van der Waals surface area contributed by atoms with E-state index in [1.54, 1.807) is 0 Å². The normalized spacial score (nSPS) is 12.0. The molecule has 0 saturated heterocycles. The van der Waals surface area contributed by atoms with Gasteiger partial charge in [0, 0.05) is 5.56 Å². The second kappa shape index (κ2) is 10.3. The predicted molar refractivity (Wildman–Crippen MR) is 114 cm³/mol. The minimum Gasteiger partial charge on any atom is -0.490 e. The van der Waals surface area contributed by atoms with Crippen LogP contribution in [0.1, 0.15) is 36.7 Å². The van der Waals surface area contributed by atoms with E-state index < -0.39 is 10.8 Å². The minimum absolute atomic E-state index is 0.0219. The van der Waals surface area contributed by atoms with Crippen LogP contribution < -0.4 is 29.1 Å². The largest absolute Gasteiger partial charge is 0.490 e. The van der Waals surface area contributed by atoms with Crippen molar-refractivity contribution in [2.24, 2.45) is 5.10 Å². The van der Waals surface area contributed by atoms with E-state index in [-0.39, 0.29) is 29.4 Å². The van der Waals surface area contributed by atoms with Crippen molar-refractivity contribution >= 4 is 17.8 Å². The Morgan fingerprint density at radius 3 is 2.22 bits per heavy atom. The number of nitrogens with zero attached hydrogens (tertiary/aromatic N) is 2. The number of rotatable bonds is 10. The maximum Gasteiger partial charge on any atom is 0.282 e. The van der Waals surface area contributed by atoms with Crippen molar-refractivity contribution in [3.8, 4) is 28.7 Å². The van der Waals surface area contributed by atoms with Crippen LogP contribution in [0.4, 0.5) is 5.69 Å². The van der Waals surface area contributed by atoms with Gasteiger partial charge in [0.15, 0.2) is 23.0 Å². The van der Waals surface area contributed by atoms with E-state index in [1.165, 1.54) is 30.5 Å². The van der Waals surface area contributed by atoms with Crippen LogP contribution in [0.15, 0.2) is 29.4 Å². The standard InChI is InChI=1S/C21H23N3O8/c1-4-28-18-7-13(8-19(29-5-2)20(18)30-6-3)21(25)23-22-11-14-9-16-17(32-12-31-16)10-15(14)24(26)27/h7-11H,4-6,12H2,1-3H3,(H,23,25). The first kappa shape index (κ1) is 22.7. The molecule has 1 aliphatic heterocycles. The van der Waals surface area contributed by atoms with Gasteiger partial charge in [-0.25, -0.2) is 5.43 Å². The summed E-state index contributed by atoms with van der Waals surface area (Å²) >= 11 is 0. The van der Waals surface area contributed by atoms with Gasteiger partial charge in [-0.3, -0.25) is 14.9 Å².